The minimum atomic E-state index is 0.614. The fraction of sp³-hybridized carbons (Fsp3) is 0.429. The van der Waals surface area contributed by atoms with Crippen LogP contribution in [0.3, 0.4) is 0 Å². The molecule has 3 heterocycles. The van der Waals surface area contributed by atoms with Crippen LogP contribution in [0.4, 0.5) is 0 Å². The predicted molar refractivity (Wildman–Crippen MR) is 109 cm³/mol. The molecular formula is C21H26N4S. The zero-order chi connectivity index (χ0) is 17.9. The average molecular weight is 367 g/mol. The Bertz CT molecular complexity index is 870. The molecule has 4 nitrogen and oxygen atoms in total. The number of pyridine rings is 1. The van der Waals surface area contributed by atoms with Crippen molar-refractivity contribution in [3.8, 4) is 0 Å². The van der Waals surface area contributed by atoms with Crippen molar-refractivity contribution < 1.29 is 0 Å². The number of thiazole rings is 1. The van der Waals surface area contributed by atoms with E-state index in [-0.39, 0.29) is 0 Å². The van der Waals surface area contributed by atoms with Crippen molar-refractivity contribution in [3.05, 3.63) is 58.3 Å². The van der Waals surface area contributed by atoms with Crippen molar-refractivity contribution in [3.63, 3.8) is 0 Å². The molecule has 0 radical (unpaired) electrons. The Balaban J connectivity index is 1.53. The maximum Gasteiger partial charge on any atom is 0.0798 e. The van der Waals surface area contributed by atoms with E-state index in [4.69, 9.17) is 0 Å². The quantitative estimate of drug-likeness (QED) is 0.706. The molecule has 26 heavy (non-hydrogen) atoms. The number of hydrogen-bond acceptors (Lipinski definition) is 5. The lowest BCUT2D eigenvalue weighted by molar-refractivity contribution is 0.250. The minimum absolute atomic E-state index is 0.614. The van der Waals surface area contributed by atoms with E-state index in [1.165, 1.54) is 26.9 Å². The molecule has 1 atom stereocenters. The van der Waals surface area contributed by atoms with E-state index in [1.54, 1.807) is 11.3 Å². The van der Waals surface area contributed by atoms with Crippen LogP contribution in [-0.2, 0) is 13.0 Å². The van der Waals surface area contributed by atoms with Gasteiger partial charge in [0.1, 0.15) is 0 Å². The molecule has 1 aliphatic rings. The third kappa shape index (κ3) is 3.95. The smallest absolute Gasteiger partial charge is 0.0798 e. The van der Waals surface area contributed by atoms with Gasteiger partial charge in [-0.15, -0.1) is 11.3 Å². The molecule has 1 saturated heterocycles. The monoisotopic (exact) mass is 366 g/mol. The first-order chi connectivity index (χ1) is 12.7. The van der Waals surface area contributed by atoms with Crippen molar-refractivity contribution >= 4 is 22.1 Å². The molecule has 0 saturated carbocycles. The summed E-state index contributed by atoms with van der Waals surface area (Å²) in [6.45, 7) is 7.66. The molecular weight excluding hydrogens is 340 g/mol. The Hall–Kier alpha value is -1.82. The summed E-state index contributed by atoms with van der Waals surface area (Å²) in [6.07, 6.45) is 5.11. The normalized spacial score (nSPS) is 19.7. The average Bonchev–Trinajstić information content (AvgIpc) is 2.95. The highest BCUT2D eigenvalue weighted by Crippen LogP contribution is 2.23. The predicted octanol–water partition coefficient (Wildman–Crippen LogP) is 3.61. The highest BCUT2D eigenvalue weighted by molar-refractivity contribution is 7.09. The molecule has 0 amide bonds. The largest absolute Gasteiger partial charge is 0.305 e. The van der Waals surface area contributed by atoms with Gasteiger partial charge in [-0.05, 0) is 37.3 Å². The van der Waals surface area contributed by atoms with Gasteiger partial charge in [0.15, 0.2) is 0 Å². The van der Waals surface area contributed by atoms with E-state index in [9.17, 15) is 0 Å². The minimum Gasteiger partial charge on any atom is -0.305 e. The number of likely N-dealkylation sites (N-methyl/N-ethyl adjacent to an activating group) is 1. The van der Waals surface area contributed by atoms with E-state index in [0.717, 1.165) is 39.1 Å². The number of fused-ring (bicyclic) bond motifs is 1. The lowest BCUT2D eigenvalue weighted by Gasteiger charge is -2.24. The van der Waals surface area contributed by atoms with E-state index in [2.05, 4.69) is 64.2 Å². The van der Waals surface area contributed by atoms with Gasteiger partial charge in [0.25, 0.3) is 0 Å². The third-order valence-corrected chi connectivity index (χ3v) is 6.28. The molecule has 136 valence electrons. The van der Waals surface area contributed by atoms with E-state index in [0.29, 0.717) is 5.92 Å². The summed E-state index contributed by atoms with van der Waals surface area (Å²) in [7, 11) is 2.25. The van der Waals surface area contributed by atoms with E-state index >= 15 is 0 Å². The molecule has 1 aromatic carbocycles. The second-order valence-corrected chi connectivity index (χ2v) is 8.39. The number of hydrogen-bond donors (Lipinski definition) is 0. The summed E-state index contributed by atoms with van der Waals surface area (Å²) >= 11 is 1.78. The van der Waals surface area contributed by atoms with Crippen LogP contribution in [0, 0.1) is 12.8 Å². The second-order valence-electron chi connectivity index (χ2n) is 7.45. The zero-order valence-corrected chi connectivity index (χ0v) is 16.4. The summed E-state index contributed by atoms with van der Waals surface area (Å²) < 4.78 is 0. The molecule has 1 aliphatic heterocycles. The number of benzene rings is 1. The zero-order valence-electron chi connectivity index (χ0n) is 15.6. The van der Waals surface area contributed by atoms with Crippen LogP contribution in [0.1, 0.15) is 16.1 Å². The van der Waals surface area contributed by atoms with Gasteiger partial charge in [-0.3, -0.25) is 9.88 Å². The molecule has 0 unspecified atom stereocenters. The maximum absolute atomic E-state index is 4.48. The lowest BCUT2D eigenvalue weighted by atomic mass is 9.96. The molecule has 1 fully saturated rings. The van der Waals surface area contributed by atoms with Crippen LogP contribution < -0.4 is 0 Å². The first kappa shape index (κ1) is 17.6. The Morgan fingerprint density at radius 3 is 2.88 bits per heavy atom. The SMILES string of the molecule is Cc1ncsc1CN1CCN(C)C[C@@H](Cc2cncc3ccccc23)C1. The molecule has 0 aliphatic carbocycles. The number of rotatable bonds is 4. The first-order valence-electron chi connectivity index (χ1n) is 9.30. The summed E-state index contributed by atoms with van der Waals surface area (Å²) in [4.78, 5) is 15.4. The van der Waals surface area contributed by atoms with Gasteiger partial charge < -0.3 is 4.90 Å². The molecule has 3 aromatic rings. The van der Waals surface area contributed by atoms with Crippen LogP contribution in [0.25, 0.3) is 10.8 Å². The van der Waals surface area contributed by atoms with Crippen LogP contribution in [0.2, 0.25) is 0 Å². The first-order valence-corrected chi connectivity index (χ1v) is 10.2. The number of nitrogens with zero attached hydrogens (tertiary/aromatic N) is 4. The van der Waals surface area contributed by atoms with Gasteiger partial charge in [0.05, 0.1) is 11.2 Å². The van der Waals surface area contributed by atoms with Gasteiger partial charge in [0, 0.05) is 55.4 Å². The van der Waals surface area contributed by atoms with Crippen molar-refractivity contribution in [2.45, 2.75) is 19.9 Å². The lowest BCUT2D eigenvalue weighted by Crippen LogP contribution is -2.30. The summed E-state index contributed by atoms with van der Waals surface area (Å²) in [5.74, 6) is 0.614. The fourth-order valence-corrected chi connectivity index (χ4v) is 4.78. The molecule has 4 rings (SSSR count). The molecule has 2 aromatic heterocycles. The van der Waals surface area contributed by atoms with Crippen molar-refractivity contribution in [2.75, 3.05) is 33.2 Å². The number of aromatic nitrogens is 2. The van der Waals surface area contributed by atoms with Gasteiger partial charge in [-0.1, -0.05) is 24.3 Å². The Labute approximate surface area is 159 Å². The standard InChI is InChI=1S/C21H26N4S/c1-16-21(26-15-23-16)14-25-8-7-24(2)12-17(13-25)9-19-11-22-10-18-5-3-4-6-20(18)19/h3-6,10-11,15,17H,7-9,12-14H2,1-2H3/t17-/m1/s1. The number of aryl methyl sites for hydroxylation is 1. The van der Waals surface area contributed by atoms with Gasteiger partial charge in [-0.2, -0.15) is 0 Å². The second kappa shape index (κ2) is 7.82. The van der Waals surface area contributed by atoms with Crippen LogP contribution in [0.5, 0.6) is 0 Å². The van der Waals surface area contributed by atoms with E-state index in [1.807, 2.05) is 11.7 Å². The van der Waals surface area contributed by atoms with Crippen LogP contribution in [-0.4, -0.2) is 53.0 Å². The Kier molecular flexibility index (Phi) is 5.29. The maximum atomic E-state index is 4.48. The highest BCUT2D eigenvalue weighted by atomic mass is 32.1. The van der Waals surface area contributed by atoms with Crippen molar-refractivity contribution in [1.29, 1.82) is 0 Å². The van der Waals surface area contributed by atoms with Gasteiger partial charge in [0.2, 0.25) is 0 Å². The summed E-state index contributed by atoms with van der Waals surface area (Å²) in [5, 5.41) is 2.59. The summed E-state index contributed by atoms with van der Waals surface area (Å²) in [5.41, 5.74) is 4.52. The van der Waals surface area contributed by atoms with Crippen LogP contribution in [0.15, 0.2) is 42.2 Å². The van der Waals surface area contributed by atoms with E-state index < -0.39 is 0 Å². The Morgan fingerprint density at radius 1 is 1.15 bits per heavy atom. The van der Waals surface area contributed by atoms with Crippen LogP contribution >= 0.6 is 11.3 Å². The fourth-order valence-electron chi connectivity index (χ4n) is 3.96. The van der Waals surface area contributed by atoms with Crippen molar-refractivity contribution in [2.24, 2.45) is 5.92 Å². The highest BCUT2D eigenvalue weighted by Gasteiger charge is 2.23. The molecule has 5 heteroatoms. The molecule has 0 bridgehead atoms. The summed E-state index contributed by atoms with van der Waals surface area (Å²) in [6, 6.07) is 8.60. The molecule has 0 N–H and O–H groups in total. The van der Waals surface area contributed by atoms with Crippen molar-refractivity contribution in [1.82, 2.24) is 19.8 Å². The van der Waals surface area contributed by atoms with Gasteiger partial charge in [-0.25, -0.2) is 4.98 Å². The molecule has 0 spiro atoms. The van der Waals surface area contributed by atoms with Gasteiger partial charge >= 0.3 is 0 Å². The Morgan fingerprint density at radius 2 is 2.04 bits per heavy atom. The third-order valence-electron chi connectivity index (χ3n) is 5.36. The topological polar surface area (TPSA) is 32.3 Å².